The fourth-order valence-corrected chi connectivity index (χ4v) is 1.44. The number of hydrogen-bond donors (Lipinski definition) is 1. The summed E-state index contributed by atoms with van der Waals surface area (Å²) in [5.41, 5.74) is 5.40. The molecule has 1 aromatic rings. The summed E-state index contributed by atoms with van der Waals surface area (Å²) in [6.45, 7) is 5.83. The normalized spacial score (nSPS) is 10.3. The van der Waals surface area contributed by atoms with E-state index in [0.717, 1.165) is 5.76 Å². The molecule has 0 saturated heterocycles. The van der Waals surface area contributed by atoms with Gasteiger partial charge in [-0.2, -0.15) is 0 Å². The number of carbonyl (C=O) groups is 1. The number of rotatable bonds is 5. The zero-order valence-electron chi connectivity index (χ0n) is 9.32. The van der Waals surface area contributed by atoms with Gasteiger partial charge in [-0.05, 0) is 32.5 Å². The van der Waals surface area contributed by atoms with Crippen LogP contribution in [0.3, 0.4) is 0 Å². The van der Waals surface area contributed by atoms with E-state index in [1.807, 2.05) is 19.9 Å². The Balaban J connectivity index is 2.73. The molecule has 0 spiro atoms. The minimum Gasteiger partial charge on any atom is -0.456 e. The third kappa shape index (κ3) is 2.83. The van der Waals surface area contributed by atoms with E-state index in [1.54, 1.807) is 11.0 Å². The second-order valence-electron chi connectivity index (χ2n) is 3.28. The van der Waals surface area contributed by atoms with Crippen LogP contribution in [0.2, 0.25) is 0 Å². The van der Waals surface area contributed by atoms with E-state index in [9.17, 15) is 4.79 Å². The van der Waals surface area contributed by atoms with Crippen molar-refractivity contribution in [3.8, 4) is 0 Å². The number of hydrogen-bond acceptors (Lipinski definition) is 3. The molecule has 0 atom stereocenters. The van der Waals surface area contributed by atoms with Crippen LogP contribution >= 0.6 is 0 Å². The number of amides is 1. The Morgan fingerprint density at radius 3 is 2.60 bits per heavy atom. The van der Waals surface area contributed by atoms with Crippen LogP contribution < -0.4 is 5.73 Å². The lowest BCUT2D eigenvalue weighted by Crippen LogP contribution is -2.30. The van der Waals surface area contributed by atoms with Gasteiger partial charge in [-0.25, -0.2) is 0 Å². The molecule has 84 valence electrons. The monoisotopic (exact) mass is 210 g/mol. The summed E-state index contributed by atoms with van der Waals surface area (Å²) in [4.78, 5) is 13.6. The zero-order valence-corrected chi connectivity index (χ0v) is 9.32. The predicted octanol–water partition coefficient (Wildman–Crippen LogP) is 1.26. The average molecular weight is 210 g/mol. The van der Waals surface area contributed by atoms with Crippen LogP contribution in [0.15, 0.2) is 16.5 Å². The zero-order chi connectivity index (χ0) is 11.3. The molecule has 0 bridgehead atoms. The molecule has 1 rings (SSSR count). The van der Waals surface area contributed by atoms with Crippen molar-refractivity contribution in [3.63, 3.8) is 0 Å². The molecule has 0 saturated carbocycles. The van der Waals surface area contributed by atoms with Gasteiger partial charge in [0.1, 0.15) is 5.76 Å². The minimum atomic E-state index is -0.0525. The highest BCUT2D eigenvalue weighted by Gasteiger charge is 2.15. The van der Waals surface area contributed by atoms with Gasteiger partial charge >= 0.3 is 0 Å². The van der Waals surface area contributed by atoms with Crippen molar-refractivity contribution in [3.05, 3.63) is 23.7 Å². The first-order valence-electron chi connectivity index (χ1n) is 5.31. The fraction of sp³-hybridized carbons (Fsp3) is 0.545. The lowest BCUT2D eigenvalue weighted by atomic mass is 10.3. The van der Waals surface area contributed by atoms with Crippen LogP contribution in [0.25, 0.3) is 0 Å². The summed E-state index contributed by atoms with van der Waals surface area (Å²) < 4.78 is 5.40. The quantitative estimate of drug-likeness (QED) is 0.796. The summed E-state index contributed by atoms with van der Waals surface area (Å²) >= 11 is 0. The van der Waals surface area contributed by atoms with Crippen molar-refractivity contribution in [2.45, 2.75) is 20.3 Å². The SMILES string of the molecule is CCN(CC)C(=O)c1ccc(CCN)o1. The summed E-state index contributed by atoms with van der Waals surface area (Å²) in [6.07, 6.45) is 0.672. The largest absolute Gasteiger partial charge is 0.456 e. The molecule has 0 fully saturated rings. The summed E-state index contributed by atoms with van der Waals surface area (Å²) in [5.74, 6) is 1.12. The van der Waals surface area contributed by atoms with E-state index in [4.69, 9.17) is 10.2 Å². The maximum Gasteiger partial charge on any atom is 0.289 e. The van der Waals surface area contributed by atoms with Gasteiger partial charge in [0.05, 0.1) is 0 Å². The Kier molecular flexibility index (Phi) is 4.37. The van der Waals surface area contributed by atoms with Crippen LogP contribution in [0, 0.1) is 0 Å². The molecule has 0 aliphatic heterocycles. The van der Waals surface area contributed by atoms with Crippen molar-refractivity contribution in [1.82, 2.24) is 4.90 Å². The summed E-state index contributed by atoms with van der Waals surface area (Å²) in [7, 11) is 0. The Hall–Kier alpha value is -1.29. The van der Waals surface area contributed by atoms with Gasteiger partial charge in [0.15, 0.2) is 5.76 Å². The predicted molar refractivity (Wildman–Crippen MR) is 58.7 cm³/mol. The van der Waals surface area contributed by atoms with Gasteiger partial charge in [0.2, 0.25) is 0 Å². The van der Waals surface area contributed by atoms with Crippen molar-refractivity contribution >= 4 is 5.91 Å². The third-order valence-electron chi connectivity index (χ3n) is 2.31. The molecular formula is C11H18N2O2. The molecule has 1 aromatic heterocycles. The van der Waals surface area contributed by atoms with Crippen LogP contribution in [0.4, 0.5) is 0 Å². The molecule has 0 aromatic carbocycles. The first kappa shape index (κ1) is 11.8. The molecule has 1 amide bonds. The molecule has 0 aliphatic carbocycles. The van der Waals surface area contributed by atoms with Crippen molar-refractivity contribution < 1.29 is 9.21 Å². The van der Waals surface area contributed by atoms with E-state index in [-0.39, 0.29) is 5.91 Å². The second kappa shape index (κ2) is 5.56. The topological polar surface area (TPSA) is 59.5 Å². The van der Waals surface area contributed by atoms with E-state index in [0.29, 0.717) is 31.8 Å². The van der Waals surface area contributed by atoms with Crippen molar-refractivity contribution in [1.29, 1.82) is 0 Å². The Labute approximate surface area is 90.0 Å². The van der Waals surface area contributed by atoms with E-state index in [2.05, 4.69) is 0 Å². The van der Waals surface area contributed by atoms with Gasteiger partial charge in [-0.1, -0.05) is 0 Å². The summed E-state index contributed by atoms with van der Waals surface area (Å²) in [5, 5.41) is 0. The van der Waals surface area contributed by atoms with Crippen LogP contribution in [-0.4, -0.2) is 30.4 Å². The smallest absolute Gasteiger partial charge is 0.289 e. The van der Waals surface area contributed by atoms with Crippen LogP contribution in [0.5, 0.6) is 0 Å². The molecular weight excluding hydrogens is 192 g/mol. The number of carbonyl (C=O) groups excluding carboxylic acids is 1. The Morgan fingerprint density at radius 2 is 2.07 bits per heavy atom. The molecule has 4 heteroatoms. The van der Waals surface area contributed by atoms with E-state index < -0.39 is 0 Å². The Morgan fingerprint density at radius 1 is 1.40 bits per heavy atom. The highest BCUT2D eigenvalue weighted by molar-refractivity contribution is 5.91. The number of nitrogens with zero attached hydrogens (tertiary/aromatic N) is 1. The molecule has 0 unspecified atom stereocenters. The Bertz CT molecular complexity index is 316. The minimum absolute atomic E-state index is 0.0525. The van der Waals surface area contributed by atoms with Gasteiger partial charge in [0.25, 0.3) is 5.91 Å². The highest BCUT2D eigenvalue weighted by Crippen LogP contribution is 2.10. The molecule has 1 heterocycles. The van der Waals surface area contributed by atoms with Gasteiger partial charge in [0, 0.05) is 19.5 Å². The maximum atomic E-state index is 11.8. The summed E-state index contributed by atoms with van der Waals surface area (Å²) in [6, 6.07) is 3.52. The molecule has 0 radical (unpaired) electrons. The molecule has 2 N–H and O–H groups in total. The first-order chi connectivity index (χ1) is 7.22. The van der Waals surface area contributed by atoms with E-state index >= 15 is 0 Å². The third-order valence-corrected chi connectivity index (χ3v) is 2.31. The average Bonchev–Trinajstić information content (AvgIpc) is 2.68. The molecule has 15 heavy (non-hydrogen) atoms. The van der Waals surface area contributed by atoms with Crippen molar-refractivity contribution in [2.24, 2.45) is 5.73 Å². The fourth-order valence-electron chi connectivity index (χ4n) is 1.44. The van der Waals surface area contributed by atoms with Gasteiger partial charge in [-0.15, -0.1) is 0 Å². The lowest BCUT2D eigenvalue weighted by molar-refractivity contribution is 0.0739. The van der Waals surface area contributed by atoms with Crippen LogP contribution in [-0.2, 0) is 6.42 Å². The second-order valence-corrected chi connectivity index (χ2v) is 3.28. The standard InChI is InChI=1S/C11H18N2O2/c1-3-13(4-2)11(14)10-6-5-9(15-10)7-8-12/h5-6H,3-4,7-8,12H2,1-2H3. The number of nitrogens with two attached hydrogens (primary N) is 1. The highest BCUT2D eigenvalue weighted by atomic mass is 16.4. The molecule has 4 nitrogen and oxygen atoms in total. The molecule has 0 aliphatic rings. The first-order valence-corrected chi connectivity index (χ1v) is 5.31. The maximum absolute atomic E-state index is 11.8. The van der Waals surface area contributed by atoms with Crippen LogP contribution in [0.1, 0.15) is 30.2 Å². The number of furan rings is 1. The van der Waals surface area contributed by atoms with Gasteiger partial charge < -0.3 is 15.1 Å². The van der Waals surface area contributed by atoms with Crippen molar-refractivity contribution in [2.75, 3.05) is 19.6 Å². The van der Waals surface area contributed by atoms with E-state index in [1.165, 1.54) is 0 Å². The van der Waals surface area contributed by atoms with Gasteiger partial charge in [-0.3, -0.25) is 4.79 Å². The lowest BCUT2D eigenvalue weighted by Gasteiger charge is -2.16.